The summed E-state index contributed by atoms with van der Waals surface area (Å²) in [4.78, 5) is 26.5. The lowest BCUT2D eigenvalue weighted by molar-refractivity contribution is 0.249. The predicted molar refractivity (Wildman–Crippen MR) is 132 cm³/mol. The van der Waals surface area contributed by atoms with E-state index in [0.29, 0.717) is 53.0 Å². The molecule has 5 rings (SSSR count). The monoisotopic (exact) mass is 486 g/mol. The summed E-state index contributed by atoms with van der Waals surface area (Å²) >= 11 is 6.63. The minimum atomic E-state index is -0.171. The van der Waals surface area contributed by atoms with Crippen molar-refractivity contribution in [3.05, 3.63) is 28.9 Å². The van der Waals surface area contributed by atoms with Crippen LogP contribution in [0.15, 0.2) is 18.3 Å². The molecule has 2 fully saturated rings. The third-order valence-corrected chi connectivity index (χ3v) is 7.28. The van der Waals surface area contributed by atoms with Gasteiger partial charge in [0.05, 0.1) is 26.5 Å². The number of amides is 2. The number of methoxy groups -OCH3 is 2. The fourth-order valence-electron chi connectivity index (χ4n) is 4.72. The van der Waals surface area contributed by atoms with E-state index in [0.717, 1.165) is 44.1 Å². The van der Waals surface area contributed by atoms with Gasteiger partial charge in [0.2, 0.25) is 5.95 Å². The van der Waals surface area contributed by atoms with Crippen molar-refractivity contribution in [2.75, 3.05) is 35.9 Å². The van der Waals surface area contributed by atoms with Crippen LogP contribution >= 0.6 is 11.6 Å². The number of ether oxygens (including phenoxy) is 2. The SMILES string of the molecule is COc1cc(OC)c(Cl)c(N2Cc3cnc(N[C@@H]4CCCC[C@@H]4N)nc3N(CC3CC3)C2=O)c1. The van der Waals surface area contributed by atoms with E-state index in [1.807, 2.05) is 0 Å². The lowest BCUT2D eigenvalue weighted by Gasteiger charge is -2.37. The Labute approximate surface area is 204 Å². The molecule has 2 heterocycles. The van der Waals surface area contributed by atoms with Crippen molar-refractivity contribution in [2.24, 2.45) is 11.7 Å². The molecule has 2 aliphatic carbocycles. The van der Waals surface area contributed by atoms with Gasteiger partial charge < -0.3 is 20.5 Å². The van der Waals surface area contributed by atoms with Gasteiger partial charge in [-0.05, 0) is 31.6 Å². The number of carbonyl (C=O) groups excluding carboxylic acids is 1. The lowest BCUT2D eigenvalue weighted by Crippen LogP contribution is -2.49. The fourth-order valence-corrected chi connectivity index (χ4v) is 5.01. The molecule has 3 N–H and O–H groups in total. The van der Waals surface area contributed by atoms with E-state index in [1.165, 1.54) is 7.11 Å². The molecule has 0 unspecified atom stereocenters. The molecule has 1 aliphatic heterocycles. The van der Waals surface area contributed by atoms with Crippen molar-refractivity contribution in [1.82, 2.24) is 9.97 Å². The van der Waals surface area contributed by atoms with Gasteiger partial charge in [-0.25, -0.2) is 9.78 Å². The molecule has 3 aliphatic rings. The molecule has 9 nitrogen and oxygen atoms in total. The van der Waals surface area contributed by atoms with Gasteiger partial charge in [0.1, 0.15) is 22.3 Å². The normalized spacial score (nSPS) is 22.4. The van der Waals surface area contributed by atoms with E-state index in [2.05, 4.69) is 10.3 Å². The topological polar surface area (TPSA) is 106 Å². The molecule has 2 saturated carbocycles. The number of halogens is 1. The molecular weight excluding hydrogens is 456 g/mol. The lowest BCUT2D eigenvalue weighted by atomic mass is 9.91. The van der Waals surface area contributed by atoms with E-state index in [-0.39, 0.29) is 18.1 Å². The van der Waals surface area contributed by atoms with E-state index < -0.39 is 0 Å². The molecule has 0 saturated heterocycles. The van der Waals surface area contributed by atoms with Crippen molar-refractivity contribution < 1.29 is 14.3 Å². The Morgan fingerprint density at radius 1 is 1.18 bits per heavy atom. The molecule has 0 radical (unpaired) electrons. The molecule has 1 aromatic heterocycles. The molecule has 2 amide bonds. The van der Waals surface area contributed by atoms with E-state index in [4.69, 9.17) is 31.8 Å². The van der Waals surface area contributed by atoms with E-state index in [1.54, 1.807) is 35.2 Å². The maximum atomic E-state index is 13.8. The summed E-state index contributed by atoms with van der Waals surface area (Å²) in [5, 5.41) is 3.77. The van der Waals surface area contributed by atoms with Gasteiger partial charge in [-0.1, -0.05) is 24.4 Å². The number of nitrogens with two attached hydrogens (primary N) is 1. The summed E-state index contributed by atoms with van der Waals surface area (Å²) in [6, 6.07) is 3.51. The average Bonchev–Trinajstić information content (AvgIpc) is 3.67. The molecule has 182 valence electrons. The number of nitrogens with zero attached hydrogens (tertiary/aromatic N) is 4. The number of hydrogen-bond donors (Lipinski definition) is 2. The summed E-state index contributed by atoms with van der Waals surface area (Å²) < 4.78 is 10.8. The number of carbonyl (C=O) groups is 1. The number of rotatable bonds is 7. The number of hydrogen-bond acceptors (Lipinski definition) is 7. The Balaban J connectivity index is 1.49. The highest BCUT2D eigenvalue weighted by Crippen LogP contribution is 2.42. The van der Waals surface area contributed by atoms with Crippen LogP contribution < -0.4 is 30.3 Å². The van der Waals surface area contributed by atoms with Crippen LogP contribution in [-0.2, 0) is 6.54 Å². The van der Waals surface area contributed by atoms with Crippen molar-refractivity contribution in [3.63, 3.8) is 0 Å². The first-order chi connectivity index (χ1) is 16.5. The third-order valence-electron chi connectivity index (χ3n) is 6.90. The molecule has 34 heavy (non-hydrogen) atoms. The van der Waals surface area contributed by atoms with Crippen LogP contribution in [0.3, 0.4) is 0 Å². The molecule has 10 heteroatoms. The number of benzene rings is 1. The average molecular weight is 487 g/mol. The van der Waals surface area contributed by atoms with Gasteiger partial charge >= 0.3 is 6.03 Å². The fraction of sp³-hybridized carbons (Fsp3) is 0.542. The van der Waals surface area contributed by atoms with Crippen LogP contribution in [0, 0.1) is 5.92 Å². The molecule has 2 aromatic rings. The first-order valence-electron chi connectivity index (χ1n) is 11.9. The van der Waals surface area contributed by atoms with Crippen molar-refractivity contribution in [1.29, 1.82) is 0 Å². The smallest absolute Gasteiger partial charge is 0.330 e. The van der Waals surface area contributed by atoms with Crippen LogP contribution in [-0.4, -0.2) is 48.8 Å². The summed E-state index contributed by atoms with van der Waals surface area (Å²) in [7, 11) is 3.11. The molecule has 0 spiro atoms. The van der Waals surface area contributed by atoms with Crippen molar-refractivity contribution >= 4 is 35.1 Å². The summed E-state index contributed by atoms with van der Waals surface area (Å²) in [6.07, 6.45) is 8.30. The number of fused-ring (bicyclic) bond motifs is 1. The Bertz CT molecular complexity index is 1080. The van der Waals surface area contributed by atoms with Crippen LogP contribution in [0.5, 0.6) is 11.5 Å². The zero-order valence-corrected chi connectivity index (χ0v) is 20.3. The third kappa shape index (κ3) is 4.46. The van der Waals surface area contributed by atoms with Gasteiger partial charge in [-0.3, -0.25) is 9.80 Å². The maximum Gasteiger partial charge on any atom is 0.330 e. The number of anilines is 3. The quantitative estimate of drug-likeness (QED) is 0.604. The van der Waals surface area contributed by atoms with Crippen LogP contribution in [0.25, 0.3) is 0 Å². The van der Waals surface area contributed by atoms with Crippen LogP contribution in [0.1, 0.15) is 44.1 Å². The molecule has 0 bridgehead atoms. The number of nitrogens with one attached hydrogen (secondary N) is 1. The number of aromatic nitrogens is 2. The van der Waals surface area contributed by atoms with Gasteiger partial charge in [-0.15, -0.1) is 0 Å². The minimum Gasteiger partial charge on any atom is -0.497 e. The number of urea groups is 1. The molecule has 1 aromatic carbocycles. The second-order valence-corrected chi connectivity index (χ2v) is 9.71. The van der Waals surface area contributed by atoms with Crippen molar-refractivity contribution in [2.45, 2.75) is 57.2 Å². The highest BCUT2D eigenvalue weighted by molar-refractivity contribution is 6.35. The second kappa shape index (κ2) is 9.46. The summed E-state index contributed by atoms with van der Waals surface area (Å²) in [6.45, 7) is 0.912. The Morgan fingerprint density at radius 3 is 2.68 bits per heavy atom. The Hall–Kier alpha value is -2.78. The minimum absolute atomic E-state index is 0.0817. The zero-order chi connectivity index (χ0) is 23.8. The van der Waals surface area contributed by atoms with Gasteiger partial charge in [0.25, 0.3) is 0 Å². The highest BCUT2D eigenvalue weighted by atomic mass is 35.5. The molecular formula is C24H31ClN6O3. The van der Waals surface area contributed by atoms with Gasteiger partial charge in [0, 0.05) is 42.5 Å². The molecule has 2 atom stereocenters. The Morgan fingerprint density at radius 2 is 1.97 bits per heavy atom. The Kier molecular flexibility index (Phi) is 6.40. The second-order valence-electron chi connectivity index (χ2n) is 9.33. The van der Waals surface area contributed by atoms with Gasteiger partial charge in [-0.2, -0.15) is 4.98 Å². The predicted octanol–water partition coefficient (Wildman–Crippen LogP) is 4.19. The first-order valence-corrected chi connectivity index (χ1v) is 12.2. The first kappa shape index (κ1) is 23.0. The van der Waals surface area contributed by atoms with Crippen molar-refractivity contribution in [3.8, 4) is 11.5 Å². The summed E-state index contributed by atoms with van der Waals surface area (Å²) in [5.74, 6) is 2.65. The van der Waals surface area contributed by atoms with Crippen LogP contribution in [0.4, 0.5) is 22.2 Å². The van der Waals surface area contributed by atoms with E-state index >= 15 is 0 Å². The maximum absolute atomic E-state index is 13.8. The van der Waals surface area contributed by atoms with E-state index in [9.17, 15) is 4.79 Å². The largest absolute Gasteiger partial charge is 0.497 e. The highest BCUT2D eigenvalue weighted by Gasteiger charge is 2.38. The summed E-state index contributed by atoms with van der Waals surface area (Å²) in [5.41, 5.74) is 7.70. The standard InChI is InChI=1S/C24H31ClN6O3/c1-33-16-9-19(21(25)20(10-16)34-2)30-13-15-11-27-23(28-18-6-4-3-5-17(18)26)29-22(15)31(24(30)32)12-14-7-8-14/h9-11,14,17-18H,3-8,12-13,26H2,1-2H3,(H,27,28,29)/t17-,18+/m0/s1. The van der Waals surface area contributed by atoms with Crippen LogP contribution in [0.2, 0.25) is 5.02 Å². The van der Waals surface area contributed by atoms with Gasteiger partial charge in [0.15, 0.2) is 0 Å². The zero-order valence-electron chi connectivity index (χ0n) is 19.6.